The third kappa shape index (κ3) is 1.69. The maximum atomic E-state index is 5.73. The van der Waals surface area contributed by atoms with Gasteiger partial charge in [0.1, 0.15) is 11.2 Å². The second kappa shape index (κ2) is 3.75. The average Bonchev–Trinajstić information content (AvgIpc) is 2.83. The number of nitrogens with one attached hydrogen (secondary N) is 1. The molecule has 0 saturated heterocycles. The zero-order valence-electron chi connectivity index (χ0n) is 9.64. The molecule has 0 spiro atoms. The van der Waals surface area contributed by atoms with Crippen molar-refractivity contribution in [3.8, 4) is 0 Å². The molecule has 0 radical (unpaired) electrons. The predicted octanol–water partition coefficient (Wildman–Crippen LogP) is 1.36. The van der Waals surface area contributed by atoms with Gasteiger partial charge < -0.3 is 5.32 Å². The summed E-state index contributed by atoms with van der Waals surface area (Å²) in [6, 6.07) is 0. The predicted molar refractivity (Wildman–Crippen MR) is 72.7 cm³/mol. The molecule has 88 valence electrons. The van der Waals surface area contributed by atoms with Crippen LogP contribution in [0.1, 0.15) is 22.9 Å². The lowest BCUT2D eigenvalue weighted by molar-refractivity contribution is 0.810. The van der Waals surface area contributed by atoms with Crippen molar-refractivity contribution in [2.45, 2.75) is 26.3 Å². The zero-order valence-corrected chi connectivity index (χ0v) is 10.5. The van der Waals surface area contributed by atoms with E-state index in [4.69, 9.17) is 5.73 Å². The molecule has 0 bridgehead atoms. The Labute approximate surface area is 103 Å². The number of thiophene rings is 1. The van der Waals surface area contributed by atoms with Gasteiger partial charge in [-0.05, 0) is 19.4 Å². The Bertz CT molecular complexity index is 554. The van der Waals surface area contributed by atoms with Crippen LogP contribution in [0.15, 0.2) is 15.0 Å². The van der Waals surface area contributed by atoms with Crippen molar-refractivity contribution < 1.29 is 0 Å². The Morgan fingerprint density at radius 3 is 2.88 bits per heavy atom. The van der Waals surface area contributed by atoms with E-state index in [1.807, 2.05) is 19.4 Å². The van der Waals surface area contributed by atoms with E-state index >= 15 is 0 Å². The van der Waals surface area contributed by atoms with Crippen molar-refractivity contribution in [1.29, 1.82) is 0 Å². The minimum atomic E-state index is -0.341. The van der Waals surface area contributed by atoms with Crippen LogP contribution in [0.5, 0.6) is 0 Å². The fourth-order valence-corrected chi connectivity index (χ4v) is 3.10. The van der Waals surface area contributed by atoms with Gasteiger partial charge in [0.05, 0.1) is 16.8 Å². The lowest BCUT2D eigenvalue weighted by Gasteiger charge is -2.14. The Morgan fingerprint density at radius 2 is 2.18 bits per heavy atom. The molecule has 0 fully saturated rings. The van der Waals surface area contributed by atoms with Gasteiger partial charge in [-0.3, -0.25) is 20.7 Å². The summed E-state index contributed by atoms with van der Waals surface area (Å²) >= 11 is 1.66. The number of anilines is 1. The highest BCUT2D eigenvalue weighted by Crippen LogP contribution is 2.34. The smallest absolute Gasteiger partial charge is 0.171 e. The molecule has 17 heavy (non-hydrogen) atoms. The van der Waals surface area contributed by atoms with Gasteiger partial charge in [-0.25, -0.2) is 0 Å². The molecule has 3 heterocycles. The number of fused-ring (bicyclic) bond motifs is 1. The quantitative estimate of drug-likeness (QED) is 0.786. The molecule has 2 unspecified atom stereocenters. The normalized spacial score (nSPS) is 25.7. The lowest BCUT2D eigenvalue weighted by Crippen LogP contribution is -2.29. The zero-order chi connectivity index (χ0) is 12.0. The van der Waals surface area contributed by atoms with Crippen LogP contribution in [0.25, 0.3) is 0 Å². The first-order chi connectivity index (χ1) is 8.15. The van der Waals surface area contributed by atoms with Crippen molar-refractivity contribution in [3.05, 3.63) is 16.0 Å². The molecule has 2 aliphatic rings. The summed E-state index contributed by atoms with van der Waals surface area (Å²) in [5, 5.41) is 4.22. The van der Waals surface area contributed by atoms with Gasteiger partial charge >= 0.3 is 0 Å². The molecule has 2 atom stereocenters. The molecule has 2 aliphatic heterocycles. The van der Waals surface area contributed by atoms with Gasteiger partial charge in [0.25, 0.3) is 0 Å². The first-order valence-corrected chi connectivity index (χ1v) is 6.27. The van der Waals surface area contributed by atoms with Gasteiger partial charge in [0.2, 0.25) is 0 Å². The van der Waals surface area contributed by atoms with Crippen LogP contribution in [-0.2, 0) is 0 Å². The fraction of sp³-hybridized carbons (Fsp3) is 0.364. The Hall–Kier alpha value is -1.53. The summed E-state index contributed by atoms with van der Waals surface area (Å²) in [6.07, 6.45) is 3.37. The lowest BCUT2D eigenvalue weighted by atomic mass is 10.1. The molecule has 0 saturated carbocycles. The van der Waals surface area contributed by atoms with Gasteiger partial charge in [-0.1, -0.05) is 0 Å². The van der Waals surface area contributed by atoms with Crippen molar-refractivity contribution in [3.63, 3.8) is 0 Å². The van der Waals surface area contributed by atoms with Gasteiger partial charge in [-0.15, -0.1) is 11.3 Å². The van der Waals surface area contributed by atoms with E-state index in [9.17, 15) is 0 Å². The second-order valence-electron chi connectivity index (χ2n) is 4.09. The van der Waals surface area contributed by atoms with E-state index in [2.05, 4.69) is 27.2 Å². The van der Waals surface area contributed by atoms with E-state index in [1.165, 1.54) is 5.56 Å². The maximum Gasteiger partial charge on any atom is 0.171 e. The molecule has 5 nitrogen and oxygen atoms in total. The van der Waals surface area contributed by atoms with Crippen molar-refractivity contribution in [1.82, 2.24) is 0 Å². The highest BCUT2D eigenvalue weighted by molar-refractivity contribution is 7.19. The van der Waals surface area contributed by atoms with E-state index in [0.29, 0.717) is 0 Å². The molecular weight excluding hydrogens is 234 g/mol. The van der Waals surface area contributed by atoms with E-state index in [1.54, 1.807) is 11.3 Å². The van der Waals surface area contributed by atoms with E-state index in [0.717, 1.165) is 21.2 Å². The Morgan fingerprint density at radius 1 is 1.35 bits per heavy atom. The van der Waals surface area contributed by atoms with Gasteiger partial charge in [-0.2, -0.15) is 0 Å². The summed E-state index contributed by atoms with van der Waals surface area (Å²) in [6.45, 7) is 4.05. The Kier molecular flexibility index (Phi) is 2.34. The summed E-state index contributed by atoms with van der Waals surface area (Å²) in [5.41, 5.74) is 8.98. The van der Waals surface area contributed by atoms with Crippen LogP contribution < -0.4 is 11.1 Å². The van der Waals surface area contributed by atoms with Crippen molar-refractivity contribution >= 4 is 34.5 Å². The number of aliphatic imine (C=N–C) groups is 3. The number of nitrogens with zero attached hydrogens (tertiary/aromatic N) is 3. The SMILES string of the molecule is Cc1c(C2=NC(C)N=C2)sc2c1C=NC(N)N2. The standard InChI is InChI=1S/C11H13N5S/c1-5-7-3-14-11(12)16-10(7)17-9(5)8-4-13-6(2)15-8/h3-4,6,11,16H,12H2,1-2H3. The molecule has 0 amide bonds. The topological polar surface area (TPSA) is 75.1 Å². The monoisotopic (exact) mass is 247 g/mol. The van der Waals surface area contributed by atoms with Gasteiger partial charge in [0, 0.05) is 11.8 Å². The minimum absolute atomic E-state index is 0.0346. The van der Waals surface area contributed by atoms with Crippen LogP contribution in [0, 0.1) is 6.92 Å². The van der Waals surface area contributed by atoms with E-state index in [-0.39, 0.29) is 12.5 Å². The molecule has 0 aliphatic carbocycles. The summed E-state index contributed by atoms with van der Waals surface area (Å²) < 4.78 is 0. The molecule has 3 rings (SSSR count). The highest BCUT2D eigenvalue weighted by Gasteiger charge is 2.22. The summed E-state index contributed by atoms with van der Waals surface area (Å²) in [7, 11) is 0. The third-order valence-electron chi connectivity index (χ3n) is 2.81. The largest absolute Gasteiger partial charge is 0.343 e. The first-order valence-electron chi connectivity index (χ1n) is 5.45. The second-order valence-corrected chi connectivity index (χ2v) is 5.11. The molecular formula is C11H13N5S. The van der Waals surface area contributed by atoms with Crippen LogP contribution in [0.3, 0.4) is 0 Å². The van der Waals surface area contributed by atoms with Crippen LogP contribution >= 0.6 is 11.3 Å². The number of nitrogens with two attached hydrogens (primary N) is 1. The van der Waals surface area contributed by atoms with Crippen LogP contribution in [0.2, 0.25) is 0 Å². The molecule has 6 heteroatoms. The maximum absolute atomic E-state index is 5.73. The van der Waals surface area contributed by atoms with Crippen molar-refractivity contribution in [2.75, 3.05) is 5.32 Å². The number of hydrogen-bond donors (Lipinski definition) is 2. The molecule has 3 N–H and O–H groups in total. The first kappa shape index (κ1) is 10.6. The van der Waals surface area contributed by atoms with Crippen LogP contribution in [0.4, 0.5) is 5.00 Å². The van der Waals surface area contributed by atoms with Crippen molar-refractivity contribution in [2.24, 2.45) is 20.7 Å². The summed E-state index contributed by atoms with van der Waals surface area (Å²) in [5.74, 6) is 0. The van der Waals surface area contributed by atoms with E-state index < -0.39 is 0 Å². The van der Waals surface area contributed by atoms with Gasteiger partial charge in [0.15, 0.2) is 6.29 Å². The molecule has 1 aromatic rings. The Balaban J connectivity index is 2.07. The highest BCUT2D eigenvalue weighted by atomic mass is 32.1. The summed E-state index contributed by atoms with van der Waals surface area (Å²) in [4.78, 5) is 14.0. The van der Waals surface area contributed by atoms with Crippen LogP contribution in [-0.4, -0.2) is 30.6 Å². The average molecular weight is 247 g/mol. The number of rotatable bonds is 1. The molecule has 0 aromatic carbocycles. The fourth-order valence-electron chi connectivity index (χ4n) is 1.92. The number of hydrogen-bond acceptors (Lipinski definition) is 6. The molecule has 1 aromatic heterocycles. The minimum Gasteiger partial charge on any atom is -0.343 e. The third-order valence-corrected chi connectivity index (χ3v) is 4.07.